The average molecular weight is 271 g/mol. The highest BCUT2D eigenvalue weighted by Gasteiger charge is 2.37. The number of carbonyl (C=O) groups is 1. The van der Waals surface area contributed by atoms with Crippen LogP contribution in [0.5, 0.6) is 0 Å². The van der Waals surface area contributed by atoms with Gasteiger partial charge < -0.3 is 4.90 Å². The van der Waals surface area contributed by atoms with E-state index >= 15 is 0 Å². The van der Waals surface area contributed by atoms with Crippen molar-refractivity contribution < 1.29 is 4.79 Å². The third-order valence-corrected chi connectivity index (χ3v) is 4.84. The smallest absolute Gasteiger partial charge is 0.137 e. The van der Waals surface area contributed by atoms with Crippen molar-refractivity contribution in [1.82, 2.24) is 0 Å². The minimum Gasteiger partial charge on any atom is -0.365 e. The number of ketones is 1. The Kier molecular flexibility index (Phi) is 4.09. The number of hydrogen-bond donors (Lipinski definition) is 0. The van der Waals surface area contributed by atoms with Gasteiger partial charge in [-0.15, -0.1) is 0 Å². The third kappa shape index (κ3) is 2.74. The molecule has 0 saturated carbocycles. The van der Waals surface area contributed by atoms with Crippen molar-refractivity contribution in [2.24, 2.45) is 0 Å². The number of hydrogen-bond acceptors (Lipinski definition) is 2. The molecule has 0 aromatic heterocycles. The molecule has 2 nitrogen and oxygen atoms in total. The van der Waals surface area contributed by atoms with Crippen LogP contribution in [0, 0.1) is 0 Å². The fraction of sp³-hybridized carbons (Fsp3) is 0.611. The minimum absolute atomic E-state index is 0.455. The average Bonchev–Trinajstić information content (AvgIpc) is 2.45. The summed E-state index contributed by atoms with van der Waals surface area (Å²) in [6.07, 6.45) is 8.86. The Balaban J connectivity index is 1.76. The molecular formula is C18H25NO. The molecule has 1 aromatic carbocycles. The van der Waals surface area contributed by atoms with Crippen molar-refractivity contribution in [1.29, 1.82) is 0 Å². The fourth-order valence-electron chi connectivity index (χ4n) is 3.81. The summed E-state index contributed by atoms with van der Waals surface area (Å²) in [4.78, 5) is 14.3. The van der Waals surface area contributed by atoms with Crippen LogP contribution in [0.1, 0.15) is 57.4 Å². The molecular weight excluding hydrogens is 246 g/mol. The predicted octanol–water partition coefficient (Wildman–Crippen LogP) is 4.12. The molecule has 2 unspecified atom stereocenters. The molecule has 0 radical (unpaired) electrons. The van der Waals surface area contributed by atoms with Gasteiger partial charge in [-0.2, -0.15) is 0 Å². The maximum Gasteiger partial charge on any atom is 0.137 e. The monoisotopic (exact) mass is 271 g/mol. The summed E-state index contributed by atoms with van der Waals surface area (Å²) >= 11 is 0. The van der Waals surface area contributed by atoms with E-state index in [1.165, 1.54) is 49.8 Å². The molecule has 2 aliphatic heterocycles. The molecule has 2 heterocycles. The summed E-state index contributed by atoms with van der Waals surface area (Å²) < 4.78 is 0. The molecule has 0 aliphatic carbocycles. The topological polar surface area (TPSA) is 20.3 Å². The van der Waals surface area contributed by atoms with Crippen molar-refractivity contribution in [3.8, 4) is 0 Å². The van der Waals surface area contributed by atoms with E-state index in [4.69, 9.17) is 0 Å². The Morgan fingerprint density at radius 3 is 2.35 bits per heavy atom. The number of Topliss-reactive ketones (excluding diaryl/α,β-unsaturated/α-hetero) is 1. The molecule has 2 saturated heterocycles. The number of piperidine rings is 2. The molecule has 0 spiro atoms. The van der Waals surface area contributed by atoms with Crippen molar-refractivity contribution in [3.05, 3.63) is 29.8 Å². The Hall–Kier alpha value is -1.31. The van der Waals surface area contributed by atoms with Crippen LogP contribution in [0.15, 0.2) is 24.3 Å². The molecule has 1 aromatic rings. The standard InChI is InChI=1S/C18H25NO/c1-2-3-5-14-8-10-15(11-9-14)19-16-6-4-7-17(19)13-18(20)12-16/h8-11,16-17H,2-7,12-13H2,1H3. The largest absolute Gasteiger partial charge is 0.365 e. The molecule has 2 aliphatic rings. The fourth-order valence-corrected chi connectivity index (χ4v) is 3.81. The van der Waals surface area contributed by atoms with Crippen LogP contribution in [-0.4, -0.2) is 17.9 Å². The van der Waals surface area contributed by atoms with Gasteiger partial charge in [0, 0.05) is 30.6 Å². The van der Waals surface area contributed by atoms with Gasteiger partial charge >= 0.3 is 0 Å². The zero-order valence-corrected chi connectivity index (χ0v) is 12.5. The Morgan fingerprint density at radius 1 is 1.10 bits per heavy atom. The van der Waals surface area contributed by atoms with E-state index in [-0.39, 0.29) is 0 Å². The molecule has 2 heteroatoms. The maximum atomic E-state index is 11.8. The van der Waals surface area contributed by atoms with Gasteiger partial charge in [0.15, 0.2) is 0 Å². The van der Waals surface area contributed by atoms with Crippen LogP contribution < -0.4 is 4.90 Å². The van der Waals surface area contributed by atoms with Crippen LogP contribution >= 0.6 is 0 Å². The van der Waals surface area contributed by atoms with Crippen molar-refractivity contribution in [2.75, 3.05) is 4.90 Å². The van der Waals surface area contributed by atoms with E-state index in [0.717, 1.165) is 12.8 Å². The molecule has 108 valence electrons. The summed E-state index contributed by atoms with van der Waals surface area (Å²) in [5, 5.41) is 0. The van der Waals surface area contributed by atoms with Gasteiger partial charge in [-0.1, -0.05) is 25.5 Å². The first-order chi connectivity index (χ1) is 9.78. The summed E-state index contributed by atoms with van der Waals surface area (Å²) in [7, 11) is 0. The first kappa shape index (κ1) is 13.7. The van der Waals surface area contributed by atoms with Crippen molar-refractivity contribution in [3.63, 3.8) is 0 Å². The van der Waals surface area contributed by atoms with E-state index in [2.05, 4.69) is 36.1 Å². The number of fused-ring (bicyclic) bond motifs is 2. The highest BCUT2D eigenvalue weighted by molar-refractivity contribution is 5.82. The number of carbonyl (C=O) groups excluding carboxylic acids is 1. The minimum atomic E-state index is 0.455. The number of nitrogens with zero attached hydrogens (tertiary/aromatic N) is 1. The quantitative estimate of drug-likeness (QED) is 0.821. The second-order valence-electron chi connectivity index (χ2n) is 6.36. The summed E-state index contributed by atoms with van der Waals surface area (Å²) in [5.74, 6) is 0.468. The lowest BCUT2D eigenvalue weighted by atomic mass is 9.83. The second-order valence-corrected chi connectivity index (χ2v) is 6.36. The van der Waals surface area contributed by atoms with Crippen LogP contribution in [0.2, 0.25) is 0 Å². The van der Waals surface area contributed by atoms with Crippen LogP contribution in [0.25, 0.3) is 0 Å². The Labute approximate surface area is 122 Å². The van der Waals surface area contributed by atoms with Gasteiger partial charge in [0.05, 0.1) is 0 Å². The first-order valence-corrected chi connectivity index (χ1v) is 8.17. The van der Waals surface area contributed by atoms with Gasteiger partial charge in [-0.05, 0) is 49.8 Å². The number of anilines is 1. The molecule has 0 amide bonds. The van der Waals surface area contributed by atoms with Gasteiger partial charge in [0.2, 0.25) is 0 Å². The van der Waals surface area contributed by atoms with E-state index < -0.39 is 0 Å². The predicted molar refractivity (Wildman–Crippen MR) is 83.2 cm³/mol. The molecule has 3 rings (SSSR count). The van der Waals surface area contributed by atoms with Crippen molar-refractivity contribution >= 4 is 11.5 Å². The lowest BCUT2D eigenvalue weighted by Gasteiger charge is -2.47. The van der Waals surface area contributed by atoms with Gasteiger partial charge in [-0.3, -0.25) is 4.79 Å². The Bertz CT molecular complexity index is 449. The van der Waals surface area contributed by atoms with E-state index in [1.54, 1.807) is 0 Å². The van der Waals surface area contributed by atoms with E-state index in [9.17, 15) is 4.79 Å². The number of unbranched alkanes of at least 4 members (excludes halogenated alkanes) is 1. The second kappa shape index (κ2) is 5.99. The molecule has 0 N–H and O–H groups in total. The lowest BCUT2D eigenvalue weighted by Crippen LogP contribution is -2.52. The molecule has 20 heavy (non-hydrogen) atoms. The molecule has 2 fully saturated rings. The number of benzene rings is 1. The van der Waals surface area contributed by atoms with Crippen LogP contribution in [-0.2, 0) is 11.2 Å². The van der Waals surface area contributed by atoms with Crippen LogP contribution in [0.3, 0.4) is 0 Å². The number of aryl methyl sites for hydroxylation is 1. The molecule has 2 bridgehead atoms. The van der Waals surface area contributed by atoms with Gasteiger partial charge in [-0.25, -0.2) is 0 Å². The first-order valence-electron chi connectivity index (χ1n) is 8.17. The van der Waals surface area contributed by atoms with Crippen LogP contribution in [0.4, 0.5) is 5.69 Å². The SMILES string of the molecule is CCCCc1ccc(N2C3CCCC2CC(=O)C3)cc1. The zero-order valence-electron chi connectivity index (χ0n) is 12.5. The maximum absolute atomic E-state index is 11.8. The highest BCUT2D eigenvalue weighted by atomic mass is 16.1. The number of rotatable bonds is 4. The Morgan fingerprint density at radius 2 is 1.75 bits per heavy atom. The third-order valence-electron chi connectivity index (χ3n) is 4.84. The summed E-state index contributed by atoms with van der Waals surface area (Å²) in [6.45, 7) is 2.24. The van der Waals surface area contributed by atoms with Gasteiger partial charge in [0.1, 0.15) is 5.78 Å². The lowest BCUT2D eigenvalue weighted by molar-refractivity contribution is -0.121. The molecule has 2 atom stereocenters. The van der Waals surface area contributed by atoms with Crippen molar-refractivity contribution in [2.45, 2.75) is 70.4 Å². The zero-order chi connectivity index (χ0) is 13.9. The summed E-state index contributed by atoms with van der Waals surface area (Å²) in [5.41, 5.74) is 2.77. The summed E-state index contributed by atoms with van der Waals surface area (Å²) in [6, 6.07) is 10.00. The highest BCUT2D eigenvalue weighted by Crippen LogP contribution is 2.36. The van der Waals surface area contributed by atoms with E-state index in [1.807, 2.05) is 0 Å². The normalized spacial score (nSPS) is 25.9. The van der Waals surface area contributed by atoms with E-state index in [0.29, 0.717) is 17.9 Å². The van der Waals surface area contributed by atoms with Gasteiger partial charge in [0.25, 0.3) is 0 Å².